The van der Waals surface area contributed by atoms with Gasteiger partial charge in [0.25, 0.3) is 0 Å². The van der Waals surface area contributed by atoms with E-state index in [1.54, 1.807) is 43.3 Å². The van der Waals surface area contributed by atoms with Crippen LogP contribution in [0.3, 0.4) is 0 Å². The van der Waals surface area contributed by atoms with Gasteiger partial charge < -0.3 is 19.3 Å². The number of ether oxygens (including phenoxy) is 3. The summed E-state index contributed by atoms with van der Waals surface area (Å²) in [5.41, 5.74) is 1.23. The van der Waals surface area contributed by atoms with Crippen molar-refractivity contribution in [1.29, 1.82) is 0 Å². The number of carbonyl (C=O) groups is 1. The smallest absolute Gasteiger partial charge is 0.339 e. The molecule has 0 spiro atoms. The quantitative estimate of drug-likeness (QED) is 0.236. The van der Waals surface area contributed by atoms with Crippen molar-refractivity contribution >= 4 is 57.9 Å². The molecule has 1 fully saturated rings. The molecule has 9 heteroatoms. The van der Waals surface area contributed by atoms with Gasteiger partial charge in [-0.25, -0.2) is 4.79 Å². The molecule has 0 aliphatic heterocycles. The SMILES string of the molecule is COC(C)=C(C(=O)O)c1ccccc1COc1cc(Cl)c(OCC2CC2(Cl)Cl)c(Cl)c1. The van der Waals surface area contributed by atoms with Crippen molar-refractivity contribution in [2.75, 3.05) is 13.7 Å². The maximum absolute atomic E-state index is 11.8. The Morgan fingerprint density at radius 1 is 1.16 bits per heavy atom. The molecule has 0 amide bonds. The molecule has 0 radical (unpaired) electrons. The van der Waals surface area contributed by atoms with E-state index >= 15 is 0 Å². The van der Waals surface area contributed by atoms with Crippen LogP contribution in [0.25, 0.3) is 5.57 Å². The Morgan fingerprint density at radius 2 is 1.77 bits per heavy atom. The fraction of sp³-hybridized carbons (Fsp3) is 0.318. The van der Waals surface area contributed by atoms with Crippen LogP contribution in [0.2, 0.25) is 10.0 Å². The summed E-state index contributed by atoms with van der Waals surface area (Å²) in [6.45, 7) is 2.00. The predicted octanol–water partition coefficient (Wildman–Crippen LogP) is 6.61. The molecule has 0 bridgehead atoms. The minimum Gasteiger partial charge on any atom is -0.500 e. The lowest BCUT2D eigenvalue weighted by atomic mass is 9.99. The molecule has 5 nitrogen and oxygen atoms in total. The van der Waals surface area contributed by atoms with Crippen LogP contribution in [0.4, 0.5) is 0 Å². The van der Waals surface area contributed by atoms with E-state index in [0.717, 1.165) is 0 Å². The highest BCUT2D eigenvalue weighted by molar-refractivity contribution is 6.50. The van der Waals surface area contributed by atoms with Crippen LogP contribution in [0.5, 0.6) is 11.5 Å². The first kappa shape index (κ1) is 23.9. The number of methoxy groups -OCH3 is 1. The number of halogens is 4. The molecular formula is C22H20Cl4O5. The van der Waals surface area contributed by atoms with Crippen LogP contribution in [0.1, 0.15) is 24.5 Å². The van der Waals surface area contributed by atoms with E-state index in [-0.39, 0.29) is 28.1 Å². The summed E-state index contributed by atoms with van der Waals surface area (Å²) in [5, 5.41) is 10.2. The van der Waals surface area contributed by atoms with Gasteiger partial charge in [0.2, 0.25) is 0 Å². The lowest BCUT2D eigenvalue weighted by Gasteiger charge is -2.15. The predicted molar refractivity (Wildman–Crippen MR) is 123 cm³/mol. The summed E-state index contributed by atoms with van der Waals surface area (Å²) in [6.07, 6.45) is 0.654. The van der Waals surface area contributed by atoms with E-state index in [0.29, 0.717) is 41.4 Å². The fourth-order valence-corrected chi connectivity index (χ4v) is 4.08. The molecule has 2 aromatic rings. The summed E-state index contributed by atoms with van der Waals surface area (Å²) in [5.74, 6) is -0.0209. The number of hydrogen-bond acceptors (Lipinski definition) is 4. The largest absolute Gasteiger partial charge is 0.500 e. The Labute approximate surface area is 200 Å². The second kappa shape index (κ2) is 9.78. The van der Waals surface area contributed by atoms with Crippen LogP contribution < -0.4 is 9.47 Å². The van der Waals surface area contributed by atoms with Gasteiger partial charge in [-0.15, -0.1) is 23.2 Å². The zero-order valence-electron chi connectivity index (χ0n) is 16.8. The average Bonchev–Trinajstić information content (AvgIpc) is 3.32. The number of alkyl halides is 2. The van der Waals surface area contributed by atoms with Crippen LogP contribution in [-0.2, 0) is 16.1 Å². The van der Waals surface area contributed by atoms with Gasteiger partial charge in [-0.05, 0) is 24.5 Å². The van der Waals surface area contributed by atoms with Gasteiger partial charge in [0, 0.05) is 18.1 Å². The van der Waals surface area contributed by atoms with E-state index in [9.17, 15) is 9.90 Å². The first-order valence-corrected chi connectivity index (χ1v) is 10.8. The van der Waals surface area contributed by atoms with E-state index in [4.69, 9.17) is 60.6 Å². The second-order valence-electron chi connectivity index (χ2n) is 7.08. The summed E-state index contributed by atoms with van der Waals surface area (Å²) < 4.78 is 15.9. The molecule has 0 saturated heterocycles. The molecule has 1 saturated carbocycles. The first-order chi connectivity index (χ1) is 14.6. The lowest BCUT2D eigenvalue weighted by molar-refractivity contribution is -0.130. The number of carboxylic acid groups (broad SMARTS) is 1. The third-order valence-corrected chi connectivity index (χ3v) is 6.40. The van der Waals surface area contributed by atoms with Gasteiger partial charge >= 0.3 is 5.97 Å². The van der Waals surface area contributed by atoms with Crippen molar-refractivity contribution < 1.29 is 24.1 Å². The van der Waals surface area contributed by atoms with Crippen molar-refractivity contribution in [3.63, 3.8) is 0 Å². The van der Waals surface area contributed by atoms with Crippen LogP contribution in [0.15, 0.2) is 42.2 Å². The van der Waals surface area contributed by atoms with Crippen molar-refractivity contribution in [3.05, 3.63) is 63.3 Å². The van der Waals surface area contributed by atoms with Gasteiger partial charge in [-0.3, -0.25) is 0 Å². The van der Waals surface area contributed by atoms with Crippen molar-refractivity contribution in [3.8, 4) is 11.5 Å². The molecule has 3 rings (SSSR count). The average molecular weight is 506 g/mol. The summed E-state index contributed by atoms with van der Waals surface area (Å²) in [7, 11) is 1.43. The number of hydrogen-bond donors (Lipinski definition) is 1. The number of benzene rings is 2. The van der Waals surface area contributed by atoms with Gasteiger partial charge in [0.15, 0.2) is 5.75 Å². The summed E-state index contributed by atoms with van der Waals surface area (Å²) >= 11 is 24.7. The lowest BCUT2D eigenvalue weighted by Crippen LogP contribution is -2.08. The normalized spacial score (nSPS) is 17.5. The molecule has 1 N–H and O–H groups in total. The van der Waals surface area contributed by atoms with E-state index in [2.05, 4.69) is 0 Å². The van der Waals surface area contributed by atoms with Crippen LogP contribution in [0, 0.1) is 5.92 Å². The van der Waals surface area contributed by atoms with E-state index < -0.39 is 10.3 Å². The van der Waals surface area contributed by atoms with Crippen molar-refractivity contribution in [1.82, 2.24) is 0 Å². The third-order valence-electron chi connectivity index (χ3n) is 4.91. The molecule has 1 aliphatic carbocycles. The molecular weight excluding hydrogens is 486 g/mol. The zero-order chi connectivity index (χ0) is 22.8. The van der Waals surface area contributed by atoms with Crippen LogP contribution >= 0.6 is 46.4 Å². The molecule has 0 heterocycles. The van der Waals surface area contributed by atoms with Gasteiger partial charge in [-0.1, -0.05) is 47.5 Å². The Balaban J connectivity index is 1.76. The maximum Gasteiger partial charge on any atom is 0.339 e. The highest BCUT2D eigenvalue weighted by Crippen LogP contribution is 2.53. The number of allylic oxidation sites excluding steroid dienone is 1. The Hall–Kier alpha value is -1.79. The Morgan fingerprint density at radius 3 is 2.32 bits per heavy atom. The minimum atomic E-state index is -1.09. The van der Waals surface area contributed by atoms with Crippen molar-refractivity contribution in [2.45, 2.75) is 24.3 Å². The minimum absolute atomic E-state index is 0.0300. The molecule has 1 atom stereocenters. The molecule has 2 aromatic carbocycles. The summed E-state index contributed by atoms with van der Waals surface area (Å²) in [6, 6.07) is 10.2. The molecule has 0 aromatic heterocycles. The van der Waals surface area contributed by atoms with Gasteiger partial charge in [0.1, 0.15) is 28.0 Å². The van der Waals surface area contributed by atoms with Gasteiger partial charge in [0.05, 0.1) is 23.8 Å². The molecule has 1 unspecified atom stereocenters. The van der Waals surface area contributed by atoms with E-state index in [1.165, 1.54) is 7.11 Å². The Bertz CT molecular complexity index is 996. The molecule has 1 aliphatic rings. The first-order valence-electron chi connectivity index (χ1n) is 9.33. The zero-order valence-corrected chi connectivity index (χ0v) is 19.8. The standard InChI is InChI=1S/C22H20Cl4O5/c1-12(29-2)19(21(27)28)16-6-4-3-5-13(16)10-30-15-7-17(23)20(18(24)8-15)31-11-14-9-22(14,25)26/h3-8,14H,9-11H2,1-2H3,(H,27,28). The van der Waals surface area contributed by atoms with E-state index in [1.807, 2.05) is 0 Å². The number of carboxylic acids is 1. The summed E-state index contributed by atoms with van der Waals surface area (Å²) in [4.78, 5) is 11.8. The van der Waals surface area contributed by atoms with Crippen LogP contribution in [-0.4, -0.2) is 29.1 Å². The van der Waals surface area contributed by atoms with Crippen molar-refractivity contribution in [2.24, 2.45) is 5.92 Å². The monoisotopic (exact) mass is 504 g/mol. The highest BCUT2D eigenvalue weighted by atomic mass is 35.5. The molecule has 31 heavy (non-hydrogen) atoms. The highest BCUT2D eigenvalue weighted by Gasteiger charge is 2.52. The number of aliphatic carboxylic acids is 1. The Kier molecular flexibility index (Phi) is 7.53. The second-order valence-corrected chi connectivity index (χ2v) is 9.43. The third kappa shape index (κ3) is 5.72. The van der Waals surface area contributed by atoms with Gasteiger partial charge in [-0.2, -0.15) is 0 Å². The fourth-order valence-electron chi connectivity index (χ4n) is 3.00. The maximum atomic E-state index is 11.8. The number of rotatable bonds is 9. The topological polar surface area (TPSA) is 65.0 Å². The molecule has 166 valence electrons.